The predicted octanol–water partition coefficient (Wildman–Crippen LogP) is 6.08. The van der Waals surface area contributed by atoms with Crippen molar-refractivity contribution >= 4 is 0 Å². The average Bonchev–Trinajstić information content (AvgIpc) is 3.22. The molecule has 0 radical (unpaired) electrons. The molecular weight excluding hydrogens is 458 g/mol. The number of hydrogen-bond donors (Lipinski definition) is 1. The van der Waals surface area contributed by atoms with E-state index in [4.69, 9.17) is 0 Å². The van der Waals surface area contributed by atoms with Crippen LogP contribution in [0.2, 0.25) is 0 Å². The van der Waals surface area contributed by atoms with Gasteiger partial charge in [-0.2, -0.15) is 0 Å². The van der Waals surface area contributed by atoms with Crippen LogP contribution in [0.3, 0.4) is 0 Å². The van der Waals surface area contributed by atoms with Crippen LogP contribution in [0.1, 0.15) is 110 Å². The summed E-state index contributed by atoms with van der Waals surface area (Å²) in [6.07, 6.45) is 10.4. The first-order valence-corrected chi connectivity index (χ1v) is 15.0. The first-order chi connectivity index (χ1) is 17.3. The summed E-state index contributed by atoms with van der Waals surface area (Å²) in [4.78, 5) is 0. The second-order valence-electron chi connectivity index (χ2n) is 15.4. The molecule has 5 aliphatic carbocycles. The second-order valence-corrected chi connectivity index (χ2v) is 15.4. The van der Waals surface area contributed by atoms with Gasteiger partial charge in [-0.3, -0.25) is 0 Å². The Morgan fingerprint density at radius 3 is 2.38 bits per heavy atom. The number of aryl methyl sites for hydroxylation is 1. The molecule has 0 saturated heterocycles. The van der Waals surface area contributed by atoms with E-state index in [0.29, 0.717) is 42.0 Å². The van der Waals surface area contributed by atoms with Crippen LogP contribution < -0.4 is 4.73 Å². The fourth-order valence-electron chi connectivity index (χ4n) is 12.1. The maximum Gasteiger partial charge on any atom is 0.326 e. The van der Waals surface area contributed by atoms with Crippen molar-refractivity contribution in [3.05, 3.63) is 34.6 Å². The molecule has 1 N–H and O–H groups in total. The van der Waals surface area contributed by atoms with Crippen LogP contribution in [0.5, 0.6) is 0 Å². The lowest BCUT2D eigenvalue weighted by Gasteiger charge is -2.72. The van der Waals surface area contributed by atoms with Gasteiger partial charge in [0.1, 0.15) is 11.4 Å². The minimum Gasteiger partial charge on any atom is -0.710 e. The molecule has 5 heteroatoms. The van der Waals surface area contributed by atoms with Crippen LogP contribution in [-0.4, -0.2) is 21.9 Å². The molecule has 1 heterocycles. The minimum atomic E-state index is -0.163. The van der Waals surface area contributed by atoms with Crippen molar-refractivity contribution in [2.75, 3.05) is 6.61 Å². The van der Waals surface area contributed by atoms with Gasteiger partial charge in [0.15, 0.2) is 0 Å². The summed E-state index contributed by atoms with van der Waals surface area (Å²) in [6, 6.07) is 0. The van der Waals surface area contributed by atoms with Gasteiger partial charge in [0.2, 0.25) is 0 Å². The SMILES string of the molecule is C=C(C)[C@@H]1CC[C@]2(CO)CC[C@]3(C)[C@H](CC[C@@H]4[C@@]5(C)Cc6c(nnc(C)[n+]6[O-])C(C)(C)[C@@H]5CC[C@]43C)[C@@H]12. The molecule has 0 amide bonds. The van der Waals surface area contributed by atoms with E-state index in [-0.39, 0.29) is 27.1 Å². The number of aliphatic hydroxyl groups excluding tert-OH is 1. The molecular formula is C32H49N3O2. The van der Waals surface area contributed by atoms with Crippen molar-refractivity contribution in [2.45, 2.75) is 112 Å². The fourth-order valence-corrected chi connectivity index (χ4v) is 12.1. The Balaban J connectivity index is 1.44. The van der Waals surface area contributed by atoms with Crippen molar-refractivity contribution in [2.24, 2.45) is 51.2 Å². The summed E-state index contributed by atoms with van der Waals surface area (Å²) in [7, 11) is 0. The molecule has 4 saturated carbocycles. The van der Waals surface area contributed by atoms with Gasteiger partial charge in [-0.25, -0.2) is 4.73 Å². The standard InChI is InChI=1S/C32H49N3O2/c1-19(2)21-11-14-32(18-36)16-15-30(7)22(26(21)32)9-10-25-29(6)17-23-27(34-33-20(3)35(23)37)28(4,5)24(29)12-13-31(25,30)8/h21-22,24-26,36H,1,9-18H2,2-8H3/t21-,22+,24-,25+,26+,29-,30+,31+,32+/m0/s1. The van der Waals surface area contributed by atoms with Gasteiger partial charge in [0.25, 0.3) is 0 Å². The van der Waals surface area contributed by atoms with E-state index < -0.39 is 0 Å². The van der Waals surface area contributed by atoms with E-state index in [2.05, 4.69) is 58.3 Å². The summed E-state index contributed by atoms with van der Waals surface area (Å²) in [5.74, 6) is 3.28. The summed E-state index contributed by atoms with van der Waals surface area (Å²) in [6.45, 7) is 21.2. The van der Waals surface area contributed by atoms with E-state index in [9.17, 15) is 10.3 Å². The summed E-state index contributed by atoms with van der Waals surface area (Å²) in [5, 5.41) is 32.9. The van der Waals surface area contributed by atoms with Crippen molar-refractivity contribution in [3.63, 3.8) is 0 Å². The molecule has 1 aromatic rings. The Morgan fingerprint density at radius 1 is 0.973 bits per heavy atom. The molecule has 0 aromatic carbocycles. The van der Waals surface area contributed by atoms with Crippen molar-refractivity contribution < 1.29 is 9.84 Å². The molecule has 204 valence electrons. The van der Waals surface area contributed by atoms with Gasteiger partial charge in [0, 0.05) is 25.4 Å². The molecule has 5 aliphatic rings. The van der Waals surface area contributed by atoms with Crippen LogP contribution in [0.25, 0.3) is 0 Å². The van der Waals surface area contributed by atoms with Crippen LogP contribution in [0.15, 0.2) is 12.2 Å². The number of fused-ring (bicyclic) bond motifs is 8. The molecule has 1 aromatic heterocycles. The van der Waals surface area contributed by atoms with Crippen molar-refractivity contribution in [3.8, 4) is 0 Å². The molecule has 0 spiro atoms. The number of hydrogen-bond acceptors (Lipinski definition) is 4. The van der Waals surface area contributed by atoms with Gasteiger partial charge >= 0.3 is 5.82 Å². The highest BCUT2D eigenvalue weighted by molar-refractivity contribution is 5.30. The molecule has 0 bridgehead atoms. The van der Waals surface area contributed by atoms with Crippen molar-refractivity contribution in [1.82, 2.24) is 10.2 Å². The van der Waals surface area contributed by atoms with E-state index in [0.717, 1.165) is 35.4 Å². The average molecular weight is 508 g/mol. The van der Waals surface area contributed by atoms with Gasteiger partial charge in [-0.05, 0) is 115 Å². The predicted molar refractivity (Wildman–Crippen MR) is 145 cm³/mol. The maximum atomic E-state index is 13.3. The Kier molecular flexibility index (Phi) is 5.43. The summed E-state index contributed by atoms with van der Waals surface area (Å²) < 4.78 is 1.09. The lowest BCUT2D eigenvalue weighted by atomic mass is 9.32. The highest BCUT2D eigenvalue weighted by atomic mass is 16.5. The monoisotopic (exact) mass is 507 g/mol. The van der Waals surface area contributed by atoms with E-state index in [1.54, 1.807) is 6.92 Å². The minimum absolute atomic E-state index is 0.0636. The van der Waals surface area contributed by atoms with Gasteiger partial charge in [0.05, 0.1) is 5.10 Å². The smallest absolute Gasteiger partial charge is 0.326 e. The Labute approximate surface area is 224 Å². The summed E-state index contributed by atoms with van der Waals surface area (Å²) >= 11 is 0. The quantitative estimate of drug-likeness (QED) is 0.299. The Hall–Kier alpha value is -1.49. The molecule has 6 rings (SSSR count). The van der Waals surface area contributed by atoms with Crippen molar-refractivity contribution in [1.29, 1.82) is 0 Å². The number of nitrogens with zero attached hydrogens (tertiary/aromatic N) is 3. The number of aliphatic hydroxyl groups is 1. The first kappa shape index (κ1) is 25.8. The Morgan fingerprint density at radius 2 is 1.70 bits per heavy atom. The molecule has 0 aliphatic heterocycles. The normalized spacial score (nSPS) is 47.7. The van der Waals surface area contributed by atoms with Crippen LogP contribution in [0, 0.1) is 63.4 Å². The number of allylic oxidation sites excluding steroid dienone is 1. The van der Waals surface area contributed by atoms with E-state index in [1.165, 1.54) is 44.1 Å². The number of aromatic nitrogens is 3. The Bertz CT molecular complexity index is 1150. The van der Waals surface area contributed by atoms with Gasteiger partial charge < -0.3 is 10.3 Å². The van der Waals surface area contributed by atoms with Gasteiger partial charge in [-0.15, -0.1) is 0 Å². The fraction of sp³-hybridized carbons (Fsp3) is 0.844. The second kappa shape index (κ2) is 7.79. The lowest BCUT2D eigenvalue weighted by Crippen LogP contribution is -2.67. The zero-order valence-electron chi connectivity index (χ0n) is 24.4. The van der Waals surface area contributed by atoms with Crippen LogP contribution >= 0.6 is 0 Å². The summed E-state index contributed by atoms with van der Waals surface area (Å²) in [5.41, 5.74) is 3.59. The largest absolute Gasteiger partial charge is 0.710 e. The maximum absolute atomic E-state index is 13.3. The molecule has 37 heavy (non-hydrogen) atoms. The van der Waals surface area contributed by atoms with Crippen LogP contribution in [-0.2, 0) is 11.8 Å². The van der Waals surface area contributed by atoms with E-state index >= 15 is 0 Å². The van der Waals surface area contributed by atoms with E-state index in [1.807, 2.05) is 0 Å². The highest BCUT2D eigenvalue weighted by Crippen LogP contribution is 2.77. The highest BCUT2D eigenvalue weighted by Gasteiger charge is 2.71. The third kappa shape index (κ3) is 2.99. The first-order valence-electron chi connectivity index (χ1n) is 15.0. The lowest BCUT2D eigenvalue weighted by molar-refractivity contribution is -0.628. The molecule has 4 fully saturated rings. The van der Waals surface area contributed by atoms with Gasteiger partial charge in [-0.1, -0.05) is 46.8 Å². The molecule has 0 unspecified atom stereocenters. The van der Waals surface area contributed by atoms with Crippen LogP contribution in [0.4, 0.5) is 0 Å². The third-order valence-electron chi connectivity index (χ3n) is 14.0. The zero-order valence-corrected chi connectivity index (χ0v) is 24.4. The third-order valence-corrected chi connectivity index (χ3v) is 14.0. The zero-order chi connectivity index (χ0) is 26.8. The molecule has 5 nitrogen and oxygen atoms in total. The topological polar surface area (TPSA) is 73.0 Å². The molecule has 9 atom stereocenters. The number of rotatable bonds is 2.